The molecule has 5 heteroatoms. The van der Waals surface area contributed by atoms with E-state index >= 15 is 0 Å². The van der Waals surface area contributed by atoms with Crippen molar-refractivity contribution in [1.29, 1.82) is 0 Å². The topological polar surface area (TPSA) is 55.8 Å². The van der Waals surface area contributed by atoms with Gasteiger partial charge < -0.3 is 14.4 Å². The van der Waals surface area contributed by atoms with Crippen LogP contribution in [0.5, 0.6) is 5.75 Å². The number of amides is 1. The molecule has 1 fully saturated rings. The van der Waals surface area contributed by atoms with Crippen LogP contribution in [0, 0.1) is 12.8 Å². The Balaban J connectivity index is 2.19. The summed E-state index contributed by atoms with van der Waals surface area (Å²) in [5, 5.41) is 0. The van der Waals surface area contributed by atoms with Crippen LogP contribution >= 0.6 is 0 Å². The molecule has 0 aliphatic carbocycles. The summed E-state index contributed by atoms with van der Waals surface area (Å²) in [5.74, 6) is -0.529. The van der Waals surface area contributed by atoms with E-state index in [-0.39, 0.29) is 5.91 Å². The molecular weight excluding hydrogens is 258 g/mol. The minimum atomic E-state index is -0.670. The summed E-state index contributed by atoms with van der Waals surface area (Å²) in [6.45, 7) is 4.49. The Kier molecular flexibility index (Phi) is 4.27. The van der Waals surface area contributed by atoms with E-state index in [9.17, 15) is 9.59 Å². The van der Waals surface area contributed by atoms with Crippen LogP contribution in [-0.2, 0) is 14.3 Å². The van der Waals surface area contributed by atoms with Crippen LogP contribution in [0.15, 0.2) is 18.2 Å². The first-order valence-electron chi connectivity index (χ1n) is 6.71. The van der Waals surface area contributed by atoms with Gasteiger partial charge in [0.25, 0.3) is 0 Å². The Morgan fingerprint density at radius 2 is 2.20 bits per heavy atom. The number of methoxy groups -OCH3 is 1. The molecule has 0 saturated carbocycles. The third-order valence-corrected chi connectivity index (χ3v) is 3.47. The molecule has 1 aromatic carbocycles. The van der Waals surface area contributed by atoms with Crippen LogP contribution in [0.3, 0.4) is 0 Å². The van der Waals surface area contributed by atoms with Gasteiger partial charge in [0.05, 0.1) is 13.7 Å². The molecule has 1 saturated heterocycles. The largest absolute Gasteiger partial charge is 0.497 e. The maximum atomic E-state index is 12.3. The van der Waals surface area contributed by atoms with Gasteiger partial charge in [0, 0.05) is 12.2 Å². The van der Waals surface area contributed by atoms with Gasteiger partial charge in [-0.25, -0.2) is 0 Å². The predicted molar refractivity (Wildman–Crippen MR) is 74.8 cm³/mol. The van der Waals surface area contributed by atoms with E-state index in [4.69, 9.17) is 9.47 Å². The van der Waals surface area contributed by atoms with Crippen molar-refractivity contribution >= 4 is 17.6 Å². The molecule has 0 bridgehead atoms. The fraction of sp³-hybridized carbons (Fsp3) is 0.467. The van der Waals surface area contributed by atoms with E-state index in [1.807, 2.05) is 25.1 Å². The van der Waals surface area contributed by atoms with Crippen molar-refractivity contribution in [3.8, 4) is 5.75 Å². The summed E-state index contributed by atoms with van der Waals surface area (Å²) >= 11 is 0. The lowest BCUT2D eigenvalue weighted by Crippen LogP contribution is -2.31. The van der Waals surface area contributed by atoms with Gasteiger partial charge in [-0.2, -0.15) is 0 Å². The third-order valence-electron chi connectivity index (χ3n) is 3.47. The van der Waals surface area contributed by atoms with Crippen LogP contribution in [0.25, 0.3) is 0 Å². The van der Waals surface area contributed by atoms with Crippen molar-refractivity contribution in [3.05, 3.63) is 23.8 Å². The highest BCUT2D eigenvalue weighted by atomic mass is 16.5. The van der Waals surface area contributed by atoms with Crippen LogP contribution < -0.4 is 9.64 Å². The minimum Gasteiger partial charge on any atom is -0.497 e. The van der Waals surface area contributed by atoms with Gasteiger partial charge in [-0.1, -0.05) is 0 Å². The van der Waals surface area contributed by atoms with Crippen molar-refractivity contribution in [2.75, 3.05) is 25.2 Å². The molecular formula is C15H19NO4. The molecule has 1 amide bonds. The van der Waals surface area contributed by atoms with E-state index in [0.717, 1.165) is 17.0 Å². The number of rotatable bonds is 4. The highest BCUT2D eigenvalue weighted by Crippen LogP contribution is 2.30. The molecule has 108 valence electrons. The molecule has 1 heterocycles. The Morgan fingerprint density at radius 3 is 2.80 bits per heavy atom. The zero-order chi connectivity index (χ0) is 14.7. The van der Waals surface area contributed by atoms with Crippen molar-refractivity contribution in [2.24, 2.45) is 5.92 Å². The standard InChI is InChI=1S/C15H19NO4/c1-4-20-15(18)12-7-8-16(14(12)17)13-6-5-11(19-3)9-10(13)2/h5-6,9,12H,4,7-8H2,1-3H3. The maximum absolute atomic E-state index is 12.3. The lowest BCUT2D eigenvalue weighted by Gasteiger charge is -2.19. The first-order chi connectivity index (χ1) is 9.58. The van der Waals surface area contributed by atoms with Gasteiger partial charge in [0.1, 0.15) is 11.7 Å². The van der Waals surface area contributed by atoms with Gasteiger partial charge in [0.2, 0.25) is 5.91 Å². The number of ether oxygens (including phenoxy) is 2. The van der Waals surface area contributed by atoms with Crippen molar-refractivity contribution in [1.82, 2.24) is 0 Å². The highest BCUT2D eigenvalue weighted by molar-refractivity contribution is 6.08. The van der Waals surface area contributed by atoms with Crippen LogP contribution in [0.2, 0.25) is 0 Å². The summed E-state index contributed by atoms with van der Waals surface area (Å²) in [4.78, 5) is 25.7. The summed E-state index contributed by atoms with van der Waals surface area (Å²) in [6.07, 6.45) is 0.503. The number of aryl methyl sites for hydroxylation is 1. The average molecular weight is 277 g/mol. The number of carbonyl (C=O) groups excluding carboxylic acids is 2. The number of carbonyl (C=O) groups is 2. The summed E-state index contributed by atoms with van der Waals surface area (Å²) in [7, 11) is 1.60. The van der Waals surface area contributed by atoms with Crippen LogP contribution in [-0.4, -0.2) is 32.1 Å². The normalized spacial score (nSPS) is 18.2. The summed E-state index contributed by atoms with van der Waals surface area (Å²) in [5.41, 5.74) is 1.77. The van der Waals surface area contributed by atoms with Crippen LogP contribution in [0.4, 0.5) is 5.69 Å². The quantitative estimate of drug-likeness (QED) is 0.623. The second-order valence-electron chi connectivity index (χ2n) is 4.74. The number of hydrogen-bond donors (Lipinski definition) is 0. The molecule has 1 aromatic rings. The Bertz CT molecular complexity index is 527. The molecule has 0 aromatic heterocycles. The molecule has 0 spiro atoms. The lowest BCUT2D eigenvalue weighted by molar-refractivity contribution is -0.150. The molecule has 1 aliphatic heterocycles. The molecule has 2 rings (SSSR count). The zero-order valence-electron chi connectivity index (χ0n) is 12.0. The number of hydrogen-bond acceptors (Lipinski definition) is 4. The number of esters is 1. The van der Waals surface area contributed by atoms with E-state index in [2.05, 4.69) is 0 Å². The highest BCUT2D eigenvalue weighted by Gasteiger charge is 2.39. The number of benzene rings is 1. The first kappa shape index (κ1) is 14.4. The van der Waals surface area contributed by atoms with Gasteiger partial charge in [-0.05, 0) is 44.0 Å². The second-order valence-corrected chi connectivity index (χ2v) is 4.74. The monoisotopic (exact) mass is 277 g/mol. The zero-order valence-corrected chi connectivity index (χ0v) is 12.0. The van der Waals surface area contributed by atoms with Crippen molar-refractivity contribution < 1.29 is 19.1 Å². The summed E-state index contributed by atoms with van der Waals surface area (Å²) < 4.78 is 10.1. The van der Waals surface area contributed by atoms with E-state index < -0.39 is 11.9 Å². The Morgan fingerprint density at radius 1 is 1.45 bits per heavy atom. The van der Waals surface area contributed by atoms with E-state index in [1.165, 1.54) is 0 Å². The summed E-state index contributed by atoms with van der Waals surface area (Å²) in [6, 6.07) is 5.53. The Hall–Kier alpha value is -2.04. The minimum absolute atomic E-state index is 0.184. The van der Waals surface area contributed by atoms with Gasteiger partial charge in [0.15, 0.2) is 0 Å². The predicted octanol–water partition coefficient (Wildman–Crippen LogP) is 1.92. The molecule has 0 radical (unpaired) electrons. The molecule has 1 aliphatic rings. The van der Waals surface area contributed by atoms with Crippen molar-refractivity contribution in [3.63, 3.8) is 0 Å². The van der Waals surface area contributed by atoms with E-state index in [0.29, 0.717) is 19.6 Å². The lowest BCUT2D eigenvalue weighted by atomic mass is 10.1. The maximum Gasteiger partial charge on any atom is 0.318 e. The molecule has 20 heavy (non-hydrogen) atoms. The molecule has 0 N–H and O–H groups in total. The van der Waals surface area contributed by atoms with E-state index in [1.54, 1.807) is 18.9 Å². The van der Waals surface area contributed by atoms with Gasteiger partial charge >= 0.3 is 5.97 Å². The number of nitrogens with zero attached hydrogens (tertiary/aromatic N) is 1. The SMILES string of the molecule is CCOC(=O)C1CCN(c2ccc(OC)cc2C)C1=O. The first-order valence-corrected chi connectivity index (χ1v) is 6.71. The molecule has 5 nitrogen and oxygen atoms in total. The molecule has 1 unspecified atom stereocenters. The third kappa shape index (κ3) is 2.61. The number of anilines is 1. The average Bonchev–Trinajstić information content (AvgIpc) is 2.80. The Labute approximate surface area is 118 Å². The van der Waals surface area contributed by atoms with Crippen molar-refractivity contribution in [2.45, 2.75) is 20.3 Å². The van der Waals surface area contributed by atoms with Gasteiger partial charge in [-0.3, -0.25) is 9.59 Å². The second kappa shape index (κ2) is 5.94. The smallest absolute Gasteiger partial charge is 0.318 e. The van der Waals surface area contributed by atoms with Crippen LogP contribution in [0.1, 0.15) is 18.9 Å². The molecule has 1 atom stereocenters. The fourth-order valence-corrected chi connectivity index (χ4v) is 2.44. The fourth-order valence-electron chi connectivity index (χ4n) is 2.44. The van der Waals surface area contributed by atoms with Gasteiger partial charge in [-0.15, -0.1) is 0 Å².